The summed E-state index contributed by atoms with van der Waals surface area (Å²) in [6, 6.07) is 18.0. The Kier molecular flexibility index (Phi) is 7.45. The normalized spacial score (nSPS) is 17.8. The summed E-state index contributed by atoms with van der Waals surface area (Å²) in [4.78, 5) is 12.6. The molecule has 2 aromatic rings. The van der Waals surface area contributed by atoms with Gasteiger partial charge in [-0.1, -0.05) is 60.2 Å². The summed E-state index contributed by atoms with van der Waals surface area (Å²) in [6.45, 7) is 3.29. The second-order valence-corrected chi connectivity index (χ2v) is 9.89. The number of nitrogens with zero attached hydrogens (tertiary/aromatic N) is 1. The zero-order valence-corrected chi connectivity index (χ0v) is 17.8. The van der Waals surface area contributed by atoms with Crippen molar-refractivity contribution in [2.24, 2.45) is 5.92 Å². The Hall–Kier alpha value is -2.18. The zero-order chi connectivity index (χ0) is 20.7. The highest BCUT2D eigenvalue weighted by atomic mass is 32.2. The molecule has 1 atom stereocenters. The molecule has 1 aliphatic heterocycles. The summed E-state index contributed by atoms with van der Waals surface area (Å²) in [6.07, 6.45) is 2.79. The monoisotopic (exact) mass is 414 g/mol. The molecule has 6 heteroatoms. The maximum absolute atomic E-state index is 12.7. The molecule has 0 unspecified atom stereocenters. The second-order valence-electron chi connectivity index (χ2n) is 7.81. The van der Waals surface area contributed by atoms with Crippen LogP contribution >= 0.6 is 0 Å². The molecule has 29 heavy (non-hydrogen) atoms. The van der Waals surface area contributed by atoms with E-state index >= 15 is 0 Å². The third-order valence-corrected chi connectivity index (χ3v) is 7.37. The van der Waals surface area contributed by atoms with Gasteiger partial charge in [0.05, 0.1) is 11.7 Å². The van der Waals surface area contributed by atoms with Crippen LogP contribution in [-0.4, -0.2) is 37.5 Å². The number of amides is 1. The predicted molar refractivity (Wildman–Crippen MR) is 116 cm³/mol. The fourth-order valence-corrected chi connectivity index (χ4v) is 5.26. The highest BCUT2D eigenvalue weighted by Gasteiger charge is 2.31. The molecule has 1 fully saturated rings. The van der Waals surface area contributed by atoms with Crippen molar-refractivity contribution in [1.82, 2.24) is 9.62 Å². The van der Waals surface area contributed by atoms with E-state index in [1.165, 1.54) is 9.87 Å². The first-order chi connectivity index (χ1) is 13.9. The Balaban J connectivity index is 1.49. The number of carbonyl (C=O) groups excluding carboxylic acids is 1. The van der Waals surface area contributed by atoms with Gasteiger partial charge in [0, 0.05) is 19.6 Å². The maximum Gasteiger partial charge on any atom is 0.224 e. The molecule has 5 nitrogen and oxygen atoms in total. The Labute approximate surface area is 174 Å². The average Bonchev–Trinajstić information content (AvgIpc) is 2.74. The number of piperidine rings is 1. The highest BCUT2D eigenvalue weighted by molar-refractivity contribution is 7.89. The molecular weight excluding hydrogens is 384 g/mol. The van der Waals surface area contributed by atoms with E-state index in [1.807, 2.05) is 61.5 Å². The largest absolute Gasteiger partial charge is 0.352 e. The summed E-state index contributed by atoms with van der Waals surface area (Å²) in [7, 11) is -3.34. The minimum atomic E-state index is -3.34. The molecule has 156 valence electrons. The van der Waals surface area contributed by atoms with Gasteiger partial charge in [0.2, 0.25) is 15.9 Å². The quantitative estimate of drug-likeness (QED) is 0.721. The van der Waals surface area contributed by atoms with E-state index in [1.54, 1.807) is 0 Å². The second kappa shape index (κ2) is 10.0. The van der Waals surface area contributed by atoms with Gasteiger partial charge in [0.1, 0.15) is 0 Å². The van der Waals surface area contributed by atoms with Crippen LogP contribution in [0.3, 0.4) is 0 Å². The predicted octanol–water partition coefficient (Wildman–Crippen LogP) is 3.29. The molecule has 0 saturated carbocycles. The number of nitrogens with one attached hydrogen (secondary N) is 1. The first kappa shape index (κ1) is 21.5. The smallest absolute Gasteiger partial charge is 0.224 e. The average molecular weight is 415 g/mol. The van der Waals surface area contributed by atoms with Crippen LogP contribution in [0.15, 0.2) is 54.6 Å². The molecule has 0 aromatic heterocycles. The third-order valence-electron chi connectivity index (χ3n) is 5.45. The summed E-state index contributed by atoms with van der Waals surface area (Å²) in [5.41, 5.74) is 3.38. The first-order valence-corrected chi connectivity index (χ1v) is 11.9. The molecule has 1 heterocycles. The van der Waals surface area contributed by atoms with Crippen LogP contribution in [0.4, 0.5) is 0 Å². The summed E-state index contributed by atoms with van der Waals surface area (Å²) in [5, 5.41) is 2.96. The van der Waals surface area contributed by atoms with Crippen molar-refractivity contribution < 1.29 is 13.2 Å². The van der Waals surface area contributed by atoms with Crippen molar-refractivity contribution >= 4 is 15.9 Å². The Morgan fingerprint density at radius 3 is 2.52 bits per heavy atom. The van der Waals surface area contributed by atoms with Crippen molar-refractivity contribution in [2.45, 2.75) is 39.2 Å². The van der Waals surface area contributed by atoms with E-state index in [0.717, 1.165) is 30.4 Å². The molecule has 0 aliphatic carbocycles. The molecule has 1 amide bonds. The molecule has 0 radical (unpaired) electrons. The standard InChI is InChI=1S/C23H30N2O3S/c1-19-11-13-21(14-12-19)17-24-23(26)22-10-5-15-25(18-22)29(27,28)16-6-9-20-7-3-2-4-8-20/h2-4,7-8,11-14,22H,5-6,9-10,15-18H2,1H3,(H,24,26)/t22-/m1/s1. The number of aryl methyl sites for hydroxylation is 2. The number of rotatable bonds is 8. The highest BCUT2D eigenvalue weighted by Crippen LogP contribution is 2.20. The van der Waals surface area contributed by atoms with Crippen LogP contribution in [-0.2, 0) is 27.8 Å². The van der Waals surface area contributed by atoms with Crippen molar-refractivity contribution in [3.63, 3.8) is 0 Å². The zero-order valence-electron chi connectivity index (χ0n) is 17.0. The first-order valence-electron chi connectivity index (χ1n) is 10.3. The van der Waals surface area contributed by atoms with Crippen LogP contribution < -0.4 is 5.32 Å². The van der Waals surface area contributed by atoms with E-state index < -0.39 is 10.0 Å². The topological polar surface area (TPSA) is 66.5 Å². The van der Waals surface area contributed by atoms with Crippen LogP contribution in [0.1, 0.15) is 36.0 Å². The van der Waals surface area contributed by atoms with Gasteiger partial charge in [0.25, 0.3) is 0 Å². The number of hydrogen-bond donors (Lipinski definition) is 1. The number of hydrogen-bond acceptors (Lipinski definition) is 3. The van der Waals surface area contributed by atoms with Crippen molar-refractivity contribution in [2.75, 3.05) is 18.8 Å². The van der Waals surface area contributed by atoms with E-state index in [4.69, 9.17) is 0 Å². The number of benzene rings is 2. The lowest BCUT2D eigenvalue weighted by Crippen LogP contribution is -2.46. The molecular formula is C23H30N2O3S. The van der Waals surface area contributed by atoms with Crippen LogP contribution in [0.5, 0.6) is 0 Å². The number of carbonyl (C=O) groups is 1. The van der Waals surface area contributed by atoms with Crippen molar-refractivity contribution in [3.8, 4) is 0 Å². The van der Waals surface area contributed by atoms with E-state index in [2.05, 4.69) is 5.32 Å². The molecule has 0 spiro atoms. The Morgan fingerprint density at radius 2 is 1.79 bits per heavy atom. The van der Waals surface area contributed by atoms with Gasteiger partial charge < -0.3 is 5.32 Å². The SMILES string of the molecule is Cc1ccc(CNC(=O)[C@@H]2CCCN(S(=O)(=O)CCCc3ccccc3)C2)cc1. The minimum absolute atomic E-state index is 0.0604. The molecule has 1 N–H and O–H groups in total. The maximum atomic E-state index is 12.7. The van der Waals surface area contributed by atoms with Crippen LogP contribution in [0, 0.1) is 12.8 Å². The molecule has 2 aromatic carbocycles. The van der Waals surface area contributed by atoms with Crippen LogP contribution in [0.25, 0.3) is 0 Å². The van der Waals surface area contributed by atoms with Gasteiger partial charge in [-0.05, 0) is 43.7 Å². The summed E-state index contributed by atoms with van der Waals surface area (Å²) >= 11 is 0. The molecule has 1 aliphatic rings. The van der Waals surface area contributed by atoms with E-state index in [-0.39, 0.29) is 24.1 Å². The lowest BCUT2D eigenvalue weighted by molar-refractivity contribution is -0.126. The van der Waals surface area contributed by atoms with Crippen molar-refractivity contribution in [1.29, 1.82) is 0 Å². The van der Waals surface area contributed by atoms with Gasteiger partial charge >= 0.3 is 0 Å². The van der Waals surface area contributed by atoms with Gasteiger partial charge in [-0.25, -0.2) is 12.7 Å². The molecule has 3 rings (SSSR count). The van der Waals surface area contributed by atoms with E-state index in [9.17, 15) is 13.2 Å². The molecule has 1 saturated heterocycles. The summed E-state index contributed by atoms with van der Waals surface area (Å²) in [5.74, 6) is -0.215. The van der Waals surface area contributed by atoms with Crippen molar-refractivity contribution in [3.05, 3.63) is 71.3 Å². The van der Waals surface area contributed by atoms with Gasteiger partial charge in [0.15, 0.2) is 0 Å². The van der Waals surface area contributed by atoms with Gasteiger partial charge in [-0.15, -0.1) is 0 Å². The lowest BCUT2D eigenvalue weighted by atomic mass is 9.98. The summed E-state index contributed by atoms with van der Waals surface area (Å²) < 4.78 is 27.0. The number of sulfonamides is 1. The molecule has 0 bridgehead atoms. The third kappa shape index (κ3) is 6.41. The van der Waals surface area contributed by atoms with Gasteiger partial charge in [-0.2, -0.15) is 0 Å². The fourth-order valence-electron chi connectivity index (χ4n) is 3.68. The lowest BCUT2D eigenvalue weighted by Gasteiger charge is -2.31. The minimum Gasteiger partial charge on any atom is -0.352 e. The van der Waals surface area contributed by atoms with Gasteiger partial charge in [-0.3, -0.25) is 4.79 Å². The fraction of sp³-hybridized carbons (Fsp3) is 0.435. The Morgan fingerprint density at radius 1 is 1.07 bits per heavy atom. The van der Waals surface area contributed by atoms with Crippen LogP contribution in [0.2, 0.25) is 0 Å². The Bertz CT molecular complexity index is 895. The van der Waals surface area contributed by atoms with E-state index in [0.29, 0.717) is 19.5 Å².